The first-order valence-corrected chi connectivity index (χ1v) is 10.3. The summed E-state index contributed by atoms with van der Waals surface area (Å²) in [5, 5.41) is 9.75. The lowest BCUT2D eigenvalue weighted by Gasteiger charge is -2.09. The van der Waals surface area contributed by atoms with E-state index in [1.807, 2.05) is 30.5 Å². The molecule has 3 rings (SSSR count). The number of rotatable bonds is 9. The van der Waals surface area contributed by atoms with E-state index < -0.39 is 0 Å². The average Bonchev–Trinajstić information content (AvgIpc) is 3.32. The molecule has 0 radical (unpaired) electrons. The Hall–Kier alpha value is -2.28. The van der Waals surface area contributed by atoms with Crippen LogP contribution in [0.4, 0.5) is 0 Å². The molecule has 2 heterocycles. The van der Waals surface area contributed by atoms with Gasteiger partial charge in [0.25, 0.3) is 0 Å². The second kappa shape index (κ2) is 9.08. The number of ether oxygens (including phenoxy) is 1. The van der Waals surface area contributed by atoms with Gasteiger partial charge in [-0.3, -0.25) is 0 Å². The number of methoxy groups -OCH3 is 1. The van der Waals surface area contributed by atoms with Gasteiger partial charge in [-0.2, -0.15) is 0 Å². The van der Waals surface area contributed by atoms with E-state index in [1.165, 1.54) is 0 Å². The number of benzene rings is 1. The van der Waals surface area contributed by atoms with Crippen LogP contribution in [-0.4, -0.2) is 26.9 Å². The summed E-state index contributed by atoms with van der Waals surface area (Å²) in [6.45, 7) is 7.26. The molecule has 0 aliphatic heterocycles. The number of aromatic nitrogens is 4. The molecule has 6 nitrogen and oxygen atoms in total. The Labute approximate surface area is 164 Å². The second-order valence-electron chi connectivity index (χ2n) is 6.64. The number of hydrogen-bond acceptors (Lipinski definition) is 6. The molecule has 1 aromatic carbocycles. The van der Waals surface area contributed by atoms with E-state index in [9.17, 15) is 0 Å². The molecule has 2 aromatic heterocycles. The molecule has 7 heteroatoms. The number of nitrogens with zero attached hydrogens (tertiary/aromatic N) is 4. The fourth-order valence-electron chi connectivity index (χ4n) is 2.65. The Morgan fingerprint density at radius 1 is 1.19 bits per heavy atom. The van der Waals surface area contributed by atoms with Crippen molar-refractivity contribution in [2.45, 2.75) is 57.0 Å². The van der Waals surface area contributed by atoms with Gasteiger partial charge in [-0.15, -0.1) is 10.2 Å². The van der Waals surface area contributed by atoms with Crippen molar-refractivity contribution < 1.29 is 9.15 Å². The van der Waals surface area contributed by atoms with Crippen molar-refractivity contribution in [3.05, 3.63) is 42.1 Å². The average molecular weight is 387 g/mol. The van der Waals surface area contributed by atoms with E-state index in [0.29, 0.717) is 11.7 Å². The van der Waals surface area contributed by atoms with Gasteiger partial charge in [0, 0.05) is 18.0 Å². The van der Waals surface area contributed by atoms with Crippen LogP contribution in [0.3, 0.4) is 0 Å². The van der Waals surface area contributed by atoms with Gasteiger partial charge in [0.15, 0.2) is 11.0 Å². The van der Waals surface area contributed by atoms with Crippen LogP contribution < -0.4 is 4.74 Å². The van der Waals surface area contributed by atoms with Crippen molar-refractivity contribution in [3.8, 4) is 17.1 Å². The summed E-state index contributed by atoms with van der Waals surface area (Å²) >= 11 is 1.61. The maximum atomic E-state index is 5.80. The van der Waals surface area contributed by atoms with Gasteiger partial charge in [-0.1, -0.05) is 39.0 Å². The minimum Gasteiger partial charge on any atom is -0.497 e. The van der Waals surface area contributed by atoms with Gasteiger partial charge < -0.3 is 13.7 Å². The lowest BCUT2D eigenvalue weighted by molar-refractivity contribution is 0.415. The van der Waals surface area contributed by atoms with Crippen LogP contribution in [0, 0.1) is 0 Å². The van der Waals surface area contributed by atoms with Crippen molar-refractivity contribution in [2.24, 2.45) is 0 Å². The Kier molecular flexibility index (Phi) is 6.55. The Balaban J connectivity index is 1.80. The Morgan fingerprint density at radius 3 is 2.59 bits per heavy atom. The zero-order valence-electron chi connectivity index (χ0n) is 16.3. The van der Waals surface area contributed by atoms with Crippen LogP contribution in [0.2, 0.25) is 0 Å². The van der Waals surface area contributed by atoms with Gasteiger partial charge in [0.1, 0.15) is 11.5 Å². The third-order valence-electron chi connectivity index (χ3n) is 4.27. The van der Waals surface area contributed by atoms with Crippen molar-refractivity contribution in [1.82, 2.24) is 19.7 Å². The minimum absolute atomic E-state index is 0.339. The molecule has 0 N–H and O–H groups in total. The first-order valence-electron chi connectivity index (χ1n) is 9.27. The molecule has 3 aromatic rings. The summed E-state index contributed by atoms with van der Waals surface area (Å²) in [5.74, 6) is 4.32. The third-order valence-corrected chi connectivity index (χ3v) is 5.22. The highest BCUT2D eigenvalue weighted by Crippen LogP contribution is 2.28. The van der Waals surface area contributed by atoms with Gasteiger partial charge in [-0.25, -0.2) is 4.98 Å². The van der Waals surface area contributed by atoms with E-state index in [-0.39, 0.29) is 0 Å². The van der Waals surface area contributed by atoms with Crippen molar-refractivity contribution >= 4 is 11.8 Å². The first-order chi connectivity index (χ1) is 13.1. The third kappa shape index (κ3) is 4.71. The minimum atomic E-state index is 0.339. The predicted octanol–water partition coefficient (Wildman–Crippen LogP) is 5.16. The topological polar surface area (TPSA) is 66.0 Å². The molecule has 0 saturated heterocycles. The molecular weight excluding hydrogens is 360 g/mol. The molecule has 0 aliphatic rings. The molecule has 0 unspecified atom stereocenters. The van der Waals surface area contributed by atoms with Gasteiger partial charge >= 0.3 is 0 Å². The molecular formula is C20H26N4O2S. The van der Waals surface area contributed by atoms with E-state index in [2.05, 4.69) is 40.5 Å². The smallest absolute Gasteiger partial charge is 0.204 e. The van der Waals surface area contributed by atoms with Gasteiger partial charge in [0.2, 0.25) is 5.89 Å². The maximum absolute atomic E-state index is 5.80. The molecule has 0 aliphatic carbocycles. The van der Waals surface area contributed by atoms with Crippen LogP contribution in [-0.2, 0) is 12.3 Å². The Morgan fingerprint density at radius 2 is 1.96 bits per heavy atom. The standard InChI is InChI=1S/C20H26N4O2S/c1-5-6-11-24-19(15-7-9-16(25-4)10-8-15)22-23-20(24)27-13-18-21-12-17(26-18)14(2)3/h7-10,12,14H,5-6,11,13H2,1-4H3. The fourth-order valence-corrected chi connectivity index (χ4v) is 3.47. The normalized spacial score (nSPS) is 11.3. The van der Waals surface area contributed by atoms with E-state index in [4.69, 9.17) is 9.15 Å². The van der Waals surface area contributed by atoms with Crippen LogP contribution in [0.15, 0.2) is 40.0 Å². The van der Waals surface area contributed by atoms with Gasteiger partial charge in [0.05, 0.1) is 19.1 Å². The first kappa shape index (κ1) is 19.5. The number of hydrogen-bond donors (Lipinski definition) is 0. The summed E-state index contributed by atoms with van der Waals surface area (Å²) in [4.78, 5) is 4.37. The molecule has 0 saturated carbocycles. The number of oxazole rings is 1. The van der Waals surface area contributed by atoms with E-state index in [1.54, 1.807) is 18.9 Å². The highest BCUT2D eigenvalue weighted by atomic mass is 32.2. The summed E-state index contributed by atoms with van der Waals surface area (Å²) in [5.41, 5.74) is 1.03. The second-order valence-corrected chi connectivity index (χ2v) is 7.58. The molecule has 0 atom stereocenters. The number of unbranched alkanes of at least 4 members (excludes halogenated alkanes) is 1. The Bertz CT molecular complexity index is 855. The van der Waals surface area contributed by atoms with E-state index in [0.717, 1.165) is 53.3 Å². The molecule has 0 bridgehead atoms. The summed E-state index contributed by atoms with van der Waals surface area (Å²) < 4.78 is 13.2. The van der Waals surface area contributed by atoms with Crippen LogP contribution in [0.1, 0.15) is 51.2 Å². The SMILES string of the molecule is CCCCn1c(SCc2ncc(C(C)C)o2)nnc1-c1ccc(OC)cc1. The van der Waals surface area contributed by atoms with Crippen LogP contribution in [0.5, 0.6) is 5.75 Å². The lowest BCUT2D eigenvalue weighted by atomic mass is 10.2. The predicted molar refractivity (Wildman–Crippen MR) is 107 cm³/mol. The quantitative estimate of drug-likeness (QED) is 0.473. The van der Waals surface area contributed by atoms with Gasteiger partial charge in [-0.05, 0) is 30.7 Å². The largest absolute Gasteiger partial charge is 0.497 e. The van der Waals surface area contributed by atoms with Crippen molar-refractivity contribution in [1.29, 1.82) is 0 Å². The molecule has 0 amide bonds. The van der Waals surface area contributed by atoms with Crippen molar-refractivity contribution in [2.75, 3.05) is 7.11 Å². The molecule has 144 valence electrons. The van der Waals surface area contributed by atoms with Crippen molar-refractivity contribution in [3.63, 3.8) is 0 Å². The highest BCUT2D eigenvalue weighted by Gasteiger charge is 2.16. The maximum Gasteiger partial charge on any atom is 0.204 e. The zero-order valence-corrected chi connectivity index (χ0v) is 17.1. The zero-order chi connectivity index (χ0) is 19.2. The van der Waals surface area contributed by atoms with Crippen LogP contribution >= 0.6 is 11.8 Å². The number of thioether (sulfide) groups is 1. The fraction of sp³-hybridized carbons (Fsp3) is 0.450. The molecule has 0 spiro atoms. The van der Waals surface area contributed by atoms with E-state index >= 15 is 0 Å². The highest BCUT2D eigenvalue weighted by molar-refractivity contribution is 7.98. The molecule has 27 heavy (non-hydrogen) atoms. The molecule has 0 fully saturated rings. The van der Waals surface area contributed by atoms with Crippen LogP contribution in [0.25, 0.3) is 11.4 Å². The monoisotopic (exact) mass is 386 g/mol. The lowest BCUT2D eigenvalue weighted by Crippen LogP contribution is -2.02. The summed E-state index contributed by atoms with van der Waals surface area (Å²) in [6.07, 6.45) is 4.00. The summed E-state index contributed by atoms with van der Waals surface area (Å²) in [7, 11) is 1.67. The summed E-state index contributed by atoms with van der Waals surface area (Å²) in [6, 6.07) is 7.92.